The van der Waals surface area contributed by atoms with E-state index < -0.39 is 0 Å². The number of hydrogen-bond donors (Lipinski definition) is 2. The first-order chi connectivity index (χ1) is 15.4. The second-order valence-electron chi connectivity index (χ2n) is 6.88. The second kappa shape index (κ2) is 9.87. The number of benzene rings is 2. The zero-order valence-corrected chi connectivity index (χ0v) is 19.5. The standard InChI is InChI=1S/C21H16Cl3FN6S/c22-15-3-1-13(18(23)7-15)11-31-12-17(9-26-31)27-21(32)28-20-5-6-30(29-20)10-14-2-4-16(25)8-19(14)24/h1-9,12H,10-11H2,(H2,27,28,29,32). The average Bonchev–Trinajstić information content (AvgIpc) is 3.35. The highest BCUT2D eigenvalue weighted by atomic mass is 35.5. The molecule has 0 aliphatic rings. The van der Waals surface area contributed by atoms with Gasteiger partial charge in [0.1, 0.15) is 5.82 Å². The van der Waals surface area contributed by atoms with Crippen molar-refractivity contribution in [1.29, 1.82) is 0 Å². The van der Waals surface area contributed by atoms with Crippen molar-refractivity contribution in [2.45, 2.75) is 13.1 Å². The minimum atomic E-state index is -0.377. The van der Waals surface area contributed by atoms with E-state index >= 15 is 0 Å². The first-order valence-corrected chi connectivity index (χ1v) is 10.9. The summed E-state index contributed by atoms with van der Waals surface area (Å²) in [6.45, 7) is 0.898. The van der Waals surface area contributed by atoms with Crippen molar-refractivity contribution in [2.75, 3.05) is 10.6 Å². The van der Waals surface area contributed by atoms with E-state index in [1.54, 1.807) is 46.0 Å². The van der Waals surface area contributed by atoms with Crippen molar-refractivity contribution in [3.8, 4) is 0 Å². The molecule has 0 amide bonds. The predicted octanol–water partition coefficient (Wildman–Crippen LogP) is 6.08. The summed E-state index contributed by atoms with van der Waals surface area (Å²) in [5, 5.41) is 16.7. The monoisotopic (exact) mass is 508 g/mol. The average molecular weight is 510 g/mol. The van der Waals surface area contributed by atoms with Crippen LogP contribution < -0.4 is 10.6 Å². The molecule has 0 radical (unpaired) electrons. The molecule has 0 bridgehead atoms. The molecule has 0 spiro atoms. The Morgan fingerprint density at radius 1 is 0.938 bits per heavy atom. The molecule has 0 aliphatic heterocycles. The Labute approximate surface area is 203 Å². The zero-order valence-electron chi connectivity index (χ0n) is 16.4. The van der Waals surface area contributed by atoms with Gasteiger partial charge in [0.25, 0.3) is 0 Å². The summed E-state index contributed by atoms with van der Waals surface area (Å²) in [5.74, 6) is 0.179. The van der Waals surface area contributed by atoms with Crippen molar-refractivity contribution >= 4 is 63.6 Å². The Balaban J connectivity index is 1.33. The van der Waals surface area contributed by atoms with Gasteiger partial charge >= 0.3 is 0 Å². The highest BCUT2D eigenvalue weighted by molar-refractivity contribution is 7.80. The molecule has 0 atom stereocenters. The first kappa shape index (κ1) is 22.5. The van der Waals surface area contributed by atoms with Gasteiger partial charge in [0, 0.05) is 33.5 Å². The molecule has 2 aromatic carbocycles. The normalized spacial score (nSPS) is 10.9. The number of anilines is 2. The van der Waals surface area contributed by atoms with Gasteiger partial charge in [-0.05, 0) is 47.6 Å². The summed E-state index contributed by atoms with van der Waals surface area (Å²) in [5.41, 5.74) is 2.37. The number of nitrogens with one attached hydrogen (secondary N) is 2. The van der Waals surface area contributed by atoms with Gasteiger partial charge in [-0.2, -0.15) is 10.2 Å². The van der Waals surface area contributed by atoms with Crippen LogP contribution in [0.25, 0.3) is 0 Å². The molecule has 6 nitrogen and oxygen atoms in total. The lowest BCUT2D eigenvalue weighted by atomic mass is 10.2. The largest absolute Gasteiger partial charge is 0.330 e. The molecule has 4 aromatic rings. The first-order valence-electron chi connectivity index (χ1n) is 9.37. The van der Waals surface area contributed by atoms with Crippen molar-refractivity contribution in [2.24, 2.45) is 0 Å². The summed E-state index contributed by atoms with van der Waals surface area (Å²) >= 11 is 23.6. The number of halogens is 4. The van der Waals surface area contributed by atoms with Crippen LogP contribution in [0.15, 0.2) is 61.1 Å². The third-order valence-corrected chi connectivity index (χ3v) is 5.61. The Kier molecular flexibility index (Phi) is 6.95. The van der Waals surface area contributed by atoms with Gasteiger partial charge in [0.2, 0.25) is 0 Å². The Bertz CT molecular complexity index is 1180. The maximum absolute atomic E-state index is 13.2. The van der Waals surface area contributed by atoms with E-state index in [9.17, 15) is 4.39 Å². The van der Waals surface area contributed by atoms with Crippen LogP contribution in [0.1, 0.15) is 11.1 Å². The Morgan fingerprint density at radius 3 is 2.41 bits per heavy atom. The highest BCUT2D eigenvalue weighted by Gasteiger charge is 2.08. The molecule has 32 heavy (non-hydrogen) atoms. The van der Waals surface area contributed by atoms with Gasteiger partial charge in [-0.15, -0.1) is 0 Å². The highest BCUT2D eigenvalue weighted by Crippen LogP contribution is 2.22. The summed E-state index contributed by atoms with van der Waals surface area (Å²) in [6, 6.07) is 11.4. The van der Waals surface area contributed by atoms with Gasteiger partial charge in [0.05, 0.1) is 25.0 Å². The van der Waals surface area contributed by atoms with Crippen molar-refractivity contribution in [1.82, 2.24) is 19.6 Å². The van der Waals surface area contributed by atoms with Gasteiger partial charge in [-0.3, -0.25) is 9.36 Å². The molecule has 4 rings (SSSR count). The number of aromatic nitrogens is 4. The molecule has 0 aliphatic carbocycles. The van der Waals surface area contributed by atoms with E-state index in [2.05, 4.69) is 20.8 Å². The van der Waals surface area contributed by atoms with E-state index in [1.807, 2.05) is 12.3 Å². The van der Waals surface area contributed by atoms with E-state index in [0.717, 1.165) is 11.1 Å². The lowest BCUT2D eigenvalue weighted by Gasteiger charge is -2.07. The predicted molar refractivity (Wildman–Crippen MR) is 130 cm³/mol. The van der Waals surface area contributed by atoms with Gasteiger partial charge in [-0.25, -0.2) is 4.39 Å². The maximum Gasteiger partial charge on any atom is 0.176 e. The van der Waals surface area contributed by atoms with Crippen molar-refractivity contribution in [3.05, 3.63) is 93.1 Å². The van der Waals surface area contributed by atoms with Crippen LogP contribution in [-0.4, -0.2) is 24.7 Å². The minimum Gasteiger partial charge on any atom is -0.330 e. The molecule has 2 heterocycles. The summed E-state index contributed by atoms with van der Waals surface area (Å²) in [4.78, 5) is 0. The molecule has 0 unspecified atom stereocenters. The van der Waals surface area contributed by atoms with E-state index in [1.165, 1.54) is 12.1 Å². The number of nitrogens with zero attached hydrogens (tertiary/aromatic N) is 4. The molecule has 0 fully saturated rings. The van der Waals surface area contributed by atoms with Gasteiger partial charge in [0.15, 0.2) is 10.9 Å². The van der Waals surface area contributed by atoms with Crippen LogP contribution in [0, 0.1) is 5.82 Å². The summed E-state index contributed by atoms with van der Waals surface area (Å²) in [7, 11) is 0. The van der Waals surface area contributed by atoms with E-state index in [-0.39, 0.29) is 5.82 Å². The Hall–Kier alpha value is -2.65. The zero-order chi connectivity index (χ0) is 22.7. The topological polar surface area (TPSA) is 59.7 Å². The van der Waals surface area contributed by atoms with E-state index in [0.29, 0.717) is 44.8 Å². The molecule has 0 saturated carbocycles. The van der Waals surface area contributed by atoms with Crippen LogP contribution in [0.4, 0.5) is 15.9 Å². The number of thiocarbonyl (C=S) groups is 1. The third-order valence-electron chi connectivity index (χ3n) is 4.47. The number of rotatable bonds is 6. The molecule has 0 saturated heterocycles. The van der Waals surface area contributed by atoms with E-state index in [4.69, 9.17) is 47.0 Å². The lowest BCUT2D eigenvalue weighted by Crippen LogP contribution is -2.19. The smallest absolute Gasteiger partial charge is 0.176 e. The molecule has 2 aromatic heterocycles. The molecular formula is C21H16Cl3FN6S. The maximum atomic E-state index is 13.2. The van der Waals surface area contributed by atoms with Crippen LogP contribution in [-0.2, 0) is 13.1 Å². The van der Waals surface area contributed by atoms with Gasteiger partial charge in [-0.1, -0.05) is 46.9 Å². The van der Waals surface area contributed by atoms with Crippen LogP contribution in [0.2, 0.25) is 15.1 Å². The molecule has 164 valence electrons. The fraction of sp³-hybridized carbons (Fsp3) is 0.0952. The molecule has 2 N–H and O–H groups in total. The van der Waals surface area contributed by atoms with Crippen LogP contribution in [0.5, 0.6) is 0 Å². The Morgan fingerprint density at radius 2 is 1.66 bits per heavy atom. The summed E-state index contributed by atoms with van der Waals surface area (Å²) in [6.07, 6.45) is 5.25. The van der Waals surface area contributed by atoms with Crippen LogP contribution in [0.3, 0.4) is 0 Å². The fourth-order valence-electron chi connectivity index (χ4n) is 2.96. The second-order valence-corrected chi connectivity index (χ2v) is 8.53. The third kappa shape index (κ3) is 5.77. The molecular weight excluding hydrogens is 494 g/mol. The van der Waals surface area contributed by atoms with Crippen molar-refractivity contribution in [3.63, 3.8) is 0 Å². The quantitative estimate of drug-likeness (QED) is 0.308. The molecule has 11 heteroatoms. The summed E-state index contributed by atoms with van der Waals surface area (Å²) < 4.78 is 16.6. The van der Waals surface area contributed by atoms with Crippen molar-refractivity contribution < 1.29 is 4.39 Å². The van der Waals surface area contributed by atoms with Gasteiger partial charge < -0.3 is 10.6 Å². The fourth-order valence-corrected chi connectivity index (χ4v) is 3.88. The van der Waals surface area contributed by atoms with Crippen LogP contribution >= 0.6 is 47.0 Å². The SMILES string of the molecule is Fc1ccc(Cn2ccc(NC(=S)Nc3cnn(Cc4ccc(Cl)cc4Cl)c3)n2)c(Cl)c1. The minimum absolute atomic E-state index is 0.351. The lowest BCUT2D eigenvalue weighted by molar-refractivity contribution is 0.624. The number of hydrogen-bond acceptors (Lipinski definition) is 3.